The van der Waals surface area contributed by atoms with Gasteiger partial charge in [-0.25, -0.2) is 0 Å². The second-order valence-electron chi connectivity index (χ2n) is 14.9. The Morgan fingerprint density at radius 1 is 0.950 bits per heavy atom. The SMILES string of the molecule is C[C@H](CCC(=O)NCC1(C(=O)[O-])CCCCC1)[C@H]1CC[C@H]2[C@@H]3[C@H](O)C[C@@H]4C[C@H](O)CC[C@]4(C)[C@H]3C[C@H](O)[C@]12C.[Na+]. The van der Waals surface area contributed by atoms with Crippen molar-refractivity contribution in [2.45, 2.75) is 129 Å². The van der Waals surface area contributed by atoms with E-state index in [2.05, 4.69) is 26.1 Å². The molecule has 0 saturated heterocycles. The van der Waals surface area contributed by atoms with Crippen LogP contribution in [-0.4, -0.2) is 52.1 Å². The summed E-state index contributed by atoms with van der Waals surface area (Å²) in [5.41, 5.74) is -1.15. The minimum atomic E-state index is -1.04. The third-order valence-corrected chi connectivity index (χ3v) is 13.2. The van der Waals surface area contributed by atoms with E-state index in [-0.39, 0.29) is 94.6 Å². The van der Waals surface area contributed by atoms with Crippen molar-refractivity contribution in [3.05, 3.63) is 0 Å². The number of carboxylic acids is 1. The van der Waals surface area contributed by atoms with Crippen LogP contribution in [0.2, 0.25) is 0 Å². The molecule has 0 aromatic heterocycles. The molecular weight excluding hydrogens is 517 g/mol. The van der Waals surface area contributed by atoms with Crippen molar-refractivity contribution >= 4 is 11.9 Å². The first-order valence-corrected chi connectivity index (χ1v) is 15.9. The van der Waals surface area contributed by atoms with E-state index in [0.29, 0.717) is 38.0 Å². The number of amides is 1. The van der Waals surface area contributed by atoms with Gasteiger partial charge >= 0.3 is 29.6 Å². The van der Waals surface area contributed by atoms with Crippen LogP contribution in [0.4, 0.5) is 0 Å². The molecule has 0 radical (unpaired) electrons. The number of nitrogens with one attached hydrogen (secondary N) is 1. The van der Waals surface area contributed by atoms with Gasteiger partial charge < -0.3 is 30.5 Å². The number of hydrogen-bond donors (Lipinski definition) is 4. The van der Waals surface area contributed by atoms with Gasteiger partial charge in [0.2, 0.25) is 5.91 Å². The van der Waals surface area contributed by atoms with Gasteiger partial charge in [0, 0.05) is 24.3 Å². The topological polar surface area (TPSA) is 130 Å². The maximum atomic E-state index is 12.8. The molecule has 0 heterocycles. The Kier molecular flexibility index (Phi) is 10.2. The van der Waals surface area contributed by atoms with Crippen LogP contribution >= 0.6 is 0 Å². The minimum absolute atomic E-state index is 0. The molecule has 0 aromatic carbocycles. The molecule has 7 nitrogen and oxygen atoms in total. The molecule has 0 bridgehead atoms. The van der Waals surface area contributed by atoms with Gasteiger partial charge in [0.05, 0.1) is 18.3 Å². The number of aliphatic hydroxyl groups excluding tert-OH is 3. The fourth-order valence-corrected chi connectivity index (χ4v) is 10.7. The third kappa shape index (κ3) is 5.58. The molecule has 222 valence electrons. The van der Waals surface area contributed by atoms with Crippen LogP contribution in [-0.2, 0) is 9.59 Å². The zero-order chi connectivity index (χ0) is 28.2. The van der Waals surface area contributed by atoms with E-state index in [9.17, 15) is 30.0 Å². The second-order valence-corrected chi connectivity index (χ2v) is 14.9. The number of fused-ring (bicyclic) bond motifs is 5. The Hall–Kier alpha value is -0.180. The number of carboxylic acid groups (broad SMARTS) is 1. The Balaban J connectivity index is 0.00000370. The summed E-state index contributed by atoms with van der Waals surface area (Å²) in [6.07, 6.45) is 9.91. The number of carbonyl (C=O) groups excluding carboxylic acids is 2. The van der Waals surface area contributed by atoms with Crippen LogP contribution in [0, 0.1) is 51.8 Å². The predicted molar refractivity (Wildman–Crippen MR) is 146 cm³/mol. The van der Waals surface area contributed by atoms with Crippen molar-refractivity contribution < 1.29 is 59.6 Å². The zero-order valence-electron chi connectivity index (χ0n) is 25.4. The molecule has 40 heavy (non-hydrogen) atoms. The van der Waals surface area contributed by atoms with Crippen LogP contribution in [0.25, 0.3) is 0 Å². The molecule has 8 heteroatoms. The first-order chi connectivity index (χ1) is 18.4. The molecule has 1 amide bonds. The predicted octanol–water partition coefficient (Wildman–Crippen LogP) is 0.185. The van der Waals surface area contributed by atoms with Crippen molar-refractivity contribution in [2.75, 3.05) is 6.54 Å². The van der Waals surface area contributed by atoms with Gasteiger partial charge in [-0.1, -0.05) is 40.0 Å². The number of aliphatic hydroxyl groups is 3. The van der Waals surface area contributed by atoms with E-state index in [1.165, 1.54) is 0 Å². The normalized spacial score (nSPS) is 44.8. The van der Waals surface area contributed by atoms with Crippen molar-refractivity contribution in [1.82, 2.24) is 5.32 Å². The number of hydrogen-bond acceptors (Lipinski definition) is 6. The molecule has 0 aliphatic heterocycles. The molecular formula is C32H52NNaO6. The van der Waals surface area contributed by atoms with Gasteiger partial charge in [0.1, 0.15) is 0 Å². The van der Waals surface area contributed by atoms with Crippen LogP contribution in [0.3, 0.4) is 0 Å². The Morgan fingerprint density at radius 3 is 2.33 bits per heavy atom. The first-order valence-electron chi connectivity index (χ1n) is 15.9. The van der Waals surface area contributed by atoms with E-state index in [4.69, 9.17) is 0 Å². The van der Waals surface area contributed by atoms with E-state index >= 15 is 0 Å². The standard InChI is InChI=1S/C32H53NO6.Na/c1-19(7-10-27(37)33-18-32(29(38)39)12-5-4-6-13-32)22-8-9-23-28-24(17-26(36)31(22,23)3)30(2)14-11-21(34)15-20(30)16-25(28)35;/h19-26,28,34-36H,4-18H2,1-3H3,(H,33,37)(H,38,39);/q;+1/p-1/t19-,20+,21-,22-,23+,24+,25-,26+,28+,30+,31-;/m1./s1. The van der Waals surface area contributed by atoms with Crippen molar-refractivity contribution in [3.63, 3.8) is 0 Å². The zero-order valence-corrected chi connectivity index (χ0v) is 27.4. The molecule has 5 saturated carbocycles. The Morgan fingerprint density at radius 2 is 1.65 bits per heavy atom. The van der Waals surface area contributed by atoms with Crippen LogP contribution in [0.5, 0.6) is 0 Å². The fraction of sp³-hybridized carbons (Fsp3) is 0.938. The smallest absolute Gasteiger partial charge is 0.549 e. The van der Waals surface area contributed by atoms with E-state index in [1.54, 1.807) is 0 Å². The summed E-state index contributed by atoms with van der Waals surface area (Å²) in [5, 5.41) is 48.3. The summed E-state index contributed by atoms with van der Waals surface area (Å²) in [5.74, 6) is 0.433. The van der Waals surface area contributed by atoms with Crippen molar-refractivity contribution in [3.8, 4) is 0 Å². The van der Waals surface area contributed by atoms with Gasteiger partial charge in [-0.05, 0) is 111 Å². The first kappa shape index (κ1) is 32.7. The van der Waals surface area contributed by atoms with Gasteiger partial charge in [0.15, 0.2) is 0 Å². The summed E-state index contributed by atoms with van der Waals surface area (Å²) in [4.78, 5) is 24.6. The molecule has 0 aromatic rings. The molecule has 0 spiro atoms. The molecule has 5 rings (SSSR count). The quantitative estimate of drug-likeness (QED) is 0.324. The van der Waals surface area contributed by atoms with Gasteiger partial charge in [0.25, 0.3) is 0 Å². The number of rotatable bonds is 7. The largest absolute Gasteiger partial charge is 1.00 e. The van der Waals surface area contributed by atoms with Gasteiger partial charge in [-0.15, -0.1) is 0 Å². The summed E-state index contributed by atoms with van der Waals surface area (Å²) in [7, 11) is 0. The Labute approximate surface area is 262 Å². The van der Waals surface area contributed by atoms with Crippen LogP contribution in [0.1, 0.15) is 111 Å². The monoisotopic (exact) mass is 569 g/mol. The summed E-state index contributed by atoms with van der Waals surface area (Å²) in [6, 6.07) is 0. The maximum absolute atomic E-state index is 12.8. The van der Waals surface area contributed by atoms with Gasteiger partial charge in [-0.3, -0.25) is 4.79 Å². The average Bonchev–Trinajstić information content (AvgIpc) is 3.26. The number of carbonyl (C=O) groups is 2. The van der Waals surface area contributed by atoms with Crippen molar-refractivity contribution in [2.24, 2.45) is 51.8 Å². The van der Waals surface area contributed by atoms with E-state index in [0.717, 1.165) is 57.8 Å². The molecule has 5 fully saturated rings. The molecule has 0 unspecified atom stereocenters. The maximum Gasteiger partial charge on any atom is 1.00 e. The van der Waals surface area contributed by atoms with E-state index < -0.39 is 17.5 Å². The molecule has 11 atom stereocenters. The van der Waals surface area contributed by atoms with Gasteiger partial charge in [-0.2, -0.15) is 0 Å². The third-order valence-electron chi connectivity index (χ3n) is 13.2. The summed E-state index contributed by atoms with van der Waals surface area (Å²) >= 11 is 0. The minimum Gasteiger partial charge on any atom is -0.549 e. The summed E-state index contributed by atoms with van der Waals surface area (Å²) < 4.78 is 0. The fourth-order valence-electron chi connectivity index (χ4n) is 10.7. The van der Waals surface area contributed by atoms with Crippen molar-refractivity contribution in [1.29, 1.82) is 0 Å². The second kappa shape index (κ2) is 12.4. The average molecular weight is 570 g/mol. The molecule has 4 N–H and O–H groups in total. The Bertz CT molecular complexity index is 925. The molecule has 5 aliphatic rings. The van der Waals surface area contributed by atoms with Crippen LogP contribution in [0.15, 0.2) is 0 Å². The summed E-state index contributed by atoms with van der Waals surface area (Å²) in [6.45, 7) is 6.95. The number of aliphatic carboxylic acids is 1. The van der Waals surface area contributed by atoms with Crippen LogP contribution < -0.4 is 40.0 Å². The van der Waals surface area contributed by atoms with E-state index in [1.807, 2.05) is 0 Å². The molecule has 5 aliphatic carbocycles.